The van der Waals surface area contributed by atoms with Gasteiger partial charge in [0, 0.05) is 19.6 Å². The number of hydrogen-bond donors (Lipinski definition) is 0. The minimum absolute atomic E-state index is 0.0885. The first-order valence-corrected chi connectivity index (χ1v) is 11.0. The molecule has 1 aromatic rings. The molecule has 3 heterocycles. The number of ether oxygens (including phenoxy) is 2. The highest BCUT2D eigenvalue weighted by molar-refractivity contribution is 8.18. The predicted octanol–water partition coefficient (Wildman–Crippen LogP) is 1.81. The number of carbonyl (C=O) groups excluding carboxylic acids is 2. The number of thioether (sulfide) groups is 2. The van der Waals surface area contributed by atoms with E-state index in [0.717, 1.165) is 5.57 Å². The molecule has 11 heteroatoms. The van der Waals surface area contributed by atoms with Crippen LogP contribution >= 0.6 is 23.5 Å². The number of Topliss-reactive ketones (excluding diaryl/α,β-unsaturated/α-hetero) is 1. The van der Waals surface area contributed by atoms with Crippen LogP contribution < -0.4 is 10.3 Å². The molecule has 1 amide bonds. The maximum absolute atomic E-state index is 13.3. The van der Waals surface area contributed by atoms with Crippen molar-refractivity contribution in [1.29, 1.82) is 0 Å². The Hall–Kier alpha value is -1.85. The summed E-state index contributed by atoms with van der Waals surface area (Å²) in [6, 6.07) is 0. The number of ketones is 1. The summed E-state index contributed by atoms with van der Waals surface area (Å²) in [7, 11) is 4.52. The number of fused-ring (bicyclic) bond motifs is 1. The quantitative estimate of drug-likeness (QED) is 0.616. The summed E-state index contributed by atoms with van der Waals surface area (Å²) in [6.07, 6.45) is -0.628. The maximum atomic E-state index is 13.3. The van der Waals surface area contributed by atoms with E-state index < -0.39 is 21.2 Å². The fraction of sp³-hybridized carbons (Fsp3) is 0.632. The Morgan fingerprint density at radius 2 is 1.90 bits per heavy atom. The van der Waals surface area contributed by atoms with Gasteiger partial charge in [0.1, 0.15) is 5.37 Å². The summed E-state index contributed by atoms with van der Waals surface area (Å²) in [4.78, 5) is 43.8. The molecule has 0 aliphatic carbocycles. The van der Waals surface area contributed by atoms with E-state index >= 15 is 0 Å². The van der Waals surface area contributed by atoms with Crippen molar-refractivity contribution in [3.05, 3.63) is 21.6 Å². The summed E-state index contributed by atoms with van der Waals surface area (Å²) in [5, 5.41) is 4.16. The molecule has 3 atom stereocenters. The zero-order chi connectivity index (χ0) is 22.6. The van der Waals surface area contributed by atoms with Gasteiger partial charge in [-0.2, -0.15) is 4.98 Å². The zero-order valence-corrected chi connectivity index (χ0v) is 19.9. The largest absolute Gasteiger partial charge is 0.476 e. The lowest BCUT2D eigenvalue weighted by Crippen LogP contribution is -2.67. The summed E-state index contributed by atoms with van der Waals surface area (Å²) in [6.45, 7) is 9.28. The van der Waals surface area contributed by atoms with Crippen molar-refractivity contribution in [2.75, 3.05) is 14.2 Å². The average Bonchev–Trinajstić information content (AvgIpc) is 2.66. The molecular formula is C19H26N4O5S2. The van der Waals surface area contributed by atoms with Gasteiger partial charge in [-0.1, -0.05) is 32.5 Å². The third kappa shape index (κ3) is 3.56. The van der Waals surface area contributed by atoms with E-state index in [1.165, 1.54) is 42.4 Å². The molecule has 3 rings (SSSR count). The van der Waals surface area contributed by atoms with Crippen LogP contribution in [0.25, 0.3) is 0 Å². The third-order valence-electron chi connectivity index (χ3n) is 5.14. The molecule has 2 aliphatic rings. The second-order valence-corrected chi connectivity index (χ2v) is 11.5. The highest BCUT2D eigenvalue weighted by Crippen LogP contribution is 2.57. The van der Waals surface area contributed by atoms with E-state index in [9.17, 15) is 14.4 Å². The van der Waals surface area contributed by atoms with E-state index in [1.807, 2.05) is 34.6 Å². The molecule has 1 saturated heterocycles. The van der Waals surface area contributed by atoms with Crippen molar-refractivity contribution >= 4 is 35.2 Å². The lowest BCUT2D eigenvalue weighted by Gasteiger charge is -2.54. The molecule has 30 heavy (non-hydrogen) atoms. The molecule has 0 radical (unpaired) electrons. The highest BCUT2D eigenvalue weighted by atomic mass is 32.2. The number of methoxy groups -OCH3 is 2. The smallest absolute Gasteiger partial charge is 0.336 e. The van der Waals surface area contributed by atoms with E-state index in [-0.39, 0.29) is 22.9 Å². The van der Waals surface area contributed by atoms with Crippen LogP contribution in [0.15, 0.2) is 21.2 Å². The molecule has 1 fully saturated rings. The van der Waals surface area contributed by atoms with Crippen LogP contribution in [0, 0.1) is 5.41 Å². The van der Waals surface area contributed by atoms with Gasteiger partial charge >= 0.3 is 5.56 Å². The van der Waals surface area contributed by atoms with Crippen LogP contribution in [-0.4, -0.2) is 61.1 Å². The first-order valence-electron chi connectivity index (χ1n) is 9.34. The molecule has 2 aliphatic heterocycles. The molecule has 1 unspecified atom stereocenters. The number of rotatable bonds is 5. The lowest BCUT2D eigenvalue weighted by atomic mass is 9.85. The second-order valence-electron chi connectivity index (χ2n) is 8.31. The maximum Gasteiger partial charge on any atom is 0.336 e. The molecule has 0 spiro atoms. The third-order valence-corrected chi connectivity index (χ3v) is 8.37. The van der Waals surface area contributed by atoms with Crippen molar-refractivity contribution in [1.82, 2.24) is 19.7 Å². The molecule has 9 nitrogen and oxygen atoms in total. The number of hydrogen-bond acceptors (Lipinski definition) is 9. The highest BCUT2D eigenvalue weighted by Gasteiger charge is 2.59. The van der Waals surface area contributed by atoms with Crippen molar-refractivity contribution in [3.63, 3.8) is 0 Å². The van der Waals surface area contributed by atoms with Gasteiger partial charge < -0.3 is 9.47 Å². The monoisotopic (exact) mass is 454 g/mol. The van der Waals surface area contributed by atoms with Crippen LogP contribution in [0.3, 0.4) is 0 Å². The number of amides is 1. The van der Waals surface area contributed by atoms with Gasteiger partial charge in [-0.15, -0.1) is 16.9 Å². The molecule has 1 aromatic heterocycles. The fourth-order valence-electron chi connectivity index (χ4n) is 3.28. The van der Waals surface area contributed by atoms with Gasteiger partial charge in [0.15, 0.2) is 17.0 Å². The molecule has 164 valence electrons. The van der Waals surface area contributed by atoms with Gasteiger partial charge in [0.25, 0.3) is 11.8 Å². The molecule has 0 aromatic carbocycles. The average molecular weight is 455 g/mol. The standard InChI is InChI=1S/C19H26N4O5S2/c1-9-10(12(24)18(2,3)4)23-15(26)11(27-7)16(23)29-19(9,5)30-17-20-13(25)14(28-8)21-22(17)6/h11,16H,1-8H3/t11-,16-,19?/m0/s1. The Labute approximate surface area is 183 Å². The van der Waals surface area contributed by atoms with E-state index in [1.54, 1.807) is 11.9 Å². The SMILES string of the molecule is COc1nn(C)c(SC2(C)S[C@H]3[C@@H](OC)C(=O)N3C(C(=O)C(C)(C)C)=C2C)nc1=O. The van der Waals surface area contributed by atoms with Crippen molar-refractivity contribution < 1.29 is 19.1 Å². The Bertz CT molecular complexity index is 1000. The van der Waals surface area contributed by atoms with Crippen LogP contribution in [0.1, 0.15) is 34.6 Å². The Morgan fingerprint density at radius 1 is 1.27 bits per heavy atom. The minimum Gasteiger partial charge on any atom is -0.476 e. The Morgan fingerprint density at radius 3 is 2.43 bits per heavy atom. The minimum atomic E-state index is -0.678. The number of allylic oxidation sites excluding steroid dienone is 1. The molecule has 0 N–H and O–H groups in total. The number of aromatic nitrogens is 3. The predicted molar refractivity (Wildman–Crippen MR) is 114 cm³/mol. The lowest BCUT2D eigenvalue weighted by molar-refractivity contribution is -0.160. The molecule has 0 bridgehead atoms. The first-order chi connectivity index (χ1) is 13.9. The van der Waals surface area contributed by atoms with Crippen LogP contribution in [0.2, 0.25) is 0 Å². The van der Waals surface area contributed by atoms with E-state index in [0.29, 0.717) is 10.9 Å². The summed E-state index contributed by atoms with van der Waals surface area (Å²) < 4.78 is 11.1. The number of aryl methyl sites for hydroxylation is 1. The Kier molecular flexibility index (Phi) is 5.85. The van der Waals surface area contributed by atoms with Crippen molar-refractivity contribution in [2.45, 2.75) is 55.3 Å². The van der Waals surface area contributed by atoms with E-state index in [2.05, 4.69) is 10.1 Å². The molecular weight excluding hydrogens is 428 g/mol. The van der Waals surface area contributed by atoms with Crippen molar-refractivity contribution in [2.24, 2.45) is 12.5 Å². The van der Waals surface area contributed by atoms with Gasteiger partial charge in [-0.25, -0.2) is 4.68 Å². The first kappa shape index (κ1) is 22.8. The summed E-state index contributed by atoms with van der Waals surface area (Å²) in [5.74, 6) is -0.422. The normalized spacial score (nSPS) is 26.4. The summed E-state index contributed by atoms with van der Waals surface area (Å²) >= 11 is 2.81. The number of β-lactam (4-membered cyclic amide) rings is 1. The second kappa shape index (κ2) is 7.69. The molecule has 0 saturated carbocycles. The van der Waals surface area contributed by atoms with Crippen molar-refractivity contribution in [3.8, 4) is 5.88 Å². The van der Waals surface area contributed by atoms with E-state index in [4.69, 9.17) is 9.47 Å². The summed E-state index contributed by atoms with van der Waals surface area (Å²) in [5.41, 5.74) is -0.0991. The van der Waals surface area contributed by atoms with Crippen LogP contribution in [0.5, 0.6) is 5.88 Å². The van der Waals surface area contributed by atoms with Gasteiger partial charge in [-0.05, 0) is 19.4 Å². The fourth-order valence-corrected chi connectivity index (χ4v) is 6.29. The van der Waals surface area contributed by atoms with Gasteiger partial charge in [-0.3, -0.25) is 19.3 Å². The van der Waals surface area contributed by atoms with Gasteiger partial charge in [0.05, 0.1) is 16.9 Å². The topological polar surface area (TPSA) is 104 Å². The van der Waals surface area contributed by atoms with Crippen LogP contribution in [-0.2, 0) is 21.4 Å². The van der Waals surface area contributed by atoms with Gasteiger partial charge in [0.2, 0.25) is 0 Å². The number of nitrogens with zero attached hydrogens (tertiary/aromatic N) is 4. The number of carbonyl (C=O) groups is 2. The Balaban J connectivity index is 2.11. The zero-order valence-electron chi connectivity index (χ0n) is 18.3. The van der Waals surface area contributed by atoms with Crippen LogP contribution in [0.4, 0.5) is 0 Å².